The van der Waals surface area contributed by atoms with Crippen molar-refractivity contribution in [1.82, 2.24) is 5.32 Å². The molecule has 0 spiro atoms. The molecule has 1 fully saturated rings. The molecule has 1 rings (SSSR count). The van der Waals surface area contributed by atoms with Gasteiger partial charge in [0.15, 0.2) is 0 Å². The zero-order valence-electron chi connectivity index (χ0n) is 11.3. The molecule has 0 saturated heterocycles. The molecule has 0 radical (unpaired) electrons. The molecule has 98 valence electrons. The van der Waals surface area contributed by atoms with E-state index in [0.29, 0.717) is 5.41 Å². The molecule has 0 atom stereocenters. The van der Waals surface area contributed by atoms with Gasteiger partial charge in [0.25, 0.3) is 0 Å². The Labute approximate surface area is 105 Å². The lowest BCUT2D eigenvalue weighted by Gasteiger charge is -2.41. The average molecular weight is 239 g/mol. The van der Waals surface area contributed by atoms with Crippen molar-refractivity contribution in [2.45, 2.75) is 46.0 Å². The predicted molar refractivity (Wildman–Crippen MR) is 69.8 cm³/mol. The number of rotatable bonds is 7. The van der Waals surface area contributed by atoms with Crippen molar-refractivity contribution < 1.29 is 9.53 Å². The molecule has 1 aliphatic carbocycles. The number of carbonyl (C=O) groups excluding carboxylic acids is 1. The molecule has 1 N–H and O–H groups in total. The average Bonchev–Trinajstić information content (AvgIpc) is 2.31. The van der Waals surface area contributed by atoms with Crippen molar-refractivity contribution >= 4 is 5.97 Å². The standard InChI is InChI=1S/C14H25NO2/c1-4-12(13(16)17-3)7-10-15-11-14(5-2)8-6-9-14/h7,15H,4-6,8-11H2,1-3H3. The quantitative estimate of drug-likeness (QED) is 0.422. The molecule has 1 saturated carbocycles. The van der Waals surface area contributed by atoms with E-state index in [2.05, 4.69) is 12.2 Å². The zero-order chi connectivity index (χ0) is 12.7. The van der Waals surface area contributed by atoms with Gasteiger partial charge in [-0.15, -0.1) is 0 Å². The Bertz CT molecular complexity index is 274. The van der Waals surface area contributed by atoms with Crippen LogP contribution in [0.3, 0.4) is 0 Å². The van der Waals surface area contributed by atoms with E-state index in [9.17, 15) is 4.79 Å². The largest absolute Gasteiger partial charge is 0.466 e. The van der Waals surface area contributed by atoms with Gasteiger partial charge in [-0.05, 0) is 31.1 Å². The van der Waals surface area contributed by atoms with Crippen molar-refractivity contribution in [2.24, 2.45) is 5.41 Å². The van der Waals surface area contributed by atoms with Gasteiger partial charge in [0, 0.05) is 18.7 Å². The fourth-order valence-electron chi connectivity index (χ4n) is 2.37. The van der Waals surface area contributed by atoms with E-state index in [1.165, 1.54) is 32.8 Å². The van der Waals surface area contributed by atoms with Gasteiger partial charge >= 0.3 is 5.97 Å². The van der Waals surface area contributed by atoms with Crippen molar-refractivity contribution in [3.63, 3.8) is 0 Å². The monoisotopic (exact) mass is 239 g/mol. The molecule has 0 heterocycles. The number of methoxy groups -OCH3 is 1. The van der Waals surface area contributed by atoms with Gasteiger partial charge in [-0.3, -0.25) is 0 Å². The third kappa shape index (κ3) is 3.84. The first-order chi connectivity index (χ1) is 8.17. The molecular formula is C14H25NO2. The second-order valence-electron chi connectivity index (χ2n) is 4.91. The van der Waals surface area contributed by atoms with E-state index in [1.807, 2.05) is 13.0 Å². The maximum atomic E-state index is 11.3. The van der Waals surface area contributed by atoms with Crippen LogP contribution >= 0.6 is 0 Å². The molecule has 0 bridgehead atoms. The Kier molecular flexibility index (Phi) is 5.69. The summed E-state index contributed by atoms with van der Waals surface area (Å²) >= 11 is 0. The van der Waals surface area contributed by atoms with E-state index in [0.717, 1.165) is 25.1 Å². The lowest BCUT2D eigenvalue weighted by Crippen LogP contribution is -2.39. The summed E-state index contributed by atoms with van der Waals surface area (Å²) in [5, 5.41) is 3.44. The maximum absolute atomic E-state index is 11.3. The van der Waals surface area contributed by atoms with Gasteiger partial charge in [-0.2, -0.15) is 0 Å². The first-order valence-corrected chi connectivity index (χ1v) is 6.65. The van der Waals surface area contributed by atoms with Crippen LogP contribution in [-0.4, -0.2) is 26.2 Å². The van der Waals surface area contributed by atoms with Crippen LogP contribution in [-0.2, 0) is 9.53 Å². The summed E-state index contributed by atoms with van der Waals surface area (Å²) in [5.74, 6) is -0.205. The molecule has 1 aliphatic rings. The lowest BCUT2D eigenvalue weighted by atomic mass is 9.67. The summed E-state index contributed by atoms with van der Waals surface area (Å²) < 4.78 is 4.72. The van der Waals surface area contributed by atoms with Gasteiger partial charge < -0.3 is 10.1 Å². The SMILES string of the molecule is CCC(=CCNCC1(CC)CCC1)C(=O)OC. The summed E-state index contributed by atoms with van der Waals surface area (Å²) in [6, 6.07) is 0. The number of hydrogen-bond acceptors (Lipinski definition) is 3. The first-order valence-electron chi connectivity index (χ1n) is 6.65. The van der Waals surface area contributed by atoms with Crippen molar-refractivity contribution in [2.75, 3.05) is 20.2 Å². The highest BCUT2D eigenvalue weighted by atomic mass is 16.5. The Morgan fingerprint density at radius 1 is 1.41 bits per heavy atom. The van der Waals surface area contributed by atoms with Gasteiger partial charge in [-0.1, -0.05) is 26.3 Å². The summed E-state index contributed by atoms with van der Waals surface area (Å²) in [6.07, 6.45) is 7.99. The molecule has 0 amide bonds. The van der Waals surface area contributed by atoms with Crippen molar-refractivity contribution in [3.8, 4) is 0 Å². The third-order valence-corrected chi connectivity index (χ3v) is 3.99. The van der Waals surface area contributed by atoms with Crippen LogP contribution in [0.5, 0.6) is 0 Å². The molecule has 17 heavy (non-hydrogen) atoms. The number of hydrogen-bond donors (Lipinski definition) is 1. The third-order valence-electron chi connectivity index (χ3n) is 3.99. The summed E-state index contributed by atoms with van der Waals surface area (Å²) in [4.78, 5) is 11.3. The summed E-state index contributed by atoms with van der Waals surface area (Å²) in [7, 11) is 1.43. The van der Waals surface area contributed by atoms with Crippen LogP contribution in [0.4, 0.5) is 0 Å². The van der Waals surface area contributed by atoms with E-state index < -0.39 is 0 Å². The van der Waals surface area contributed by atoms with Crippen LogP contribution in [0.25, 0.3) is 0 Å². The van der Waals surface area contributed by atoms with E-state index in [-0.39, 0.29) is 5.97 Å². The molecule has 3 nitrogen and oxygen atoms in total. The highest BCUT2D eigenvalue weighted by Crippen LogP contribution is 2.42. The lowest BCUT2D eigenvalue weighted by molar-refractivity contribution is -0.136. The highest BCUT2D eigenvalue weighted by molar-refractivity contribution is 5.88. The topological polar surface area (TPSA) is 38.3 Å². The minimum absolute atomic E-state index is 0.205. The van der Waals surface area contributed by atoms with E-state index in [4.69, 9.17) is 4.74 Å². The molecule has 0 aromatic carbocycles. The Morgan fingerprint density at radius 3 is 2.53 bits per heavy atom. The van der Waals surface area contributed by atoms with Crippen molar-refractivity contribution in [3.05, 3.63) is 11.6 Å². The Balaban J connectivity index is 2.30. The van der Waals surface area contributed by atoms with Crippen LogP contribution in [0.1, 0.15) is 46.0 Å². The van der Waals surface area contributed by atoms with Crippen LogP contribution in [0, 0.1) is 5.41 Å². The van der Waals surface area contributed by atoms with Gasteiger partial charge in [0.2, 0.25) is 0 Å². The van der Waals surface area contributed by atoms with Crippen molar-refractivity contribution in [1.29, 1.82) is 0 Å². The summed E-state index contributed by atoms with van der Waals surface area (Å²) in [5.41, 5.74) is 1.30. The molecule has 0 aliphatic heterocycles. The number of esters is 1. The van der Waals surface area contributed by atoms with E-state index >= 15 is 0 Å². The predicted octanol–water partition coefficient (Wildman–Crippen LogP) is 2.67. The van der Waals surface area contributed by atoms with Gasteiger partial charge in [0.1, 0.15) is 0 Å². The smallest absolute Gasteiger partial charge is 0.333 e. The normalized spacial score (nSPS) is 18.6. The summed E-state index contributed by atoms with van der Waals surface area (Å²) in [6.45, 7) is 6.07. The van der Waals surface area contributed by atoms with Crippen LogP contribution in [0.2, 0.25) is 0 Å². The highest BCUT2D eigenvalue weighted by Gasteiger charge is 2.34. The molecule has 0 aromatic heterocycles. The molecule has 3 heteroatoms. The maximum Gasteiger partial charge on any atom is 0.333 e. The van der Waals surface area contributed by atoms with Crippen LogP contribution < -0.4 is 5.32 Å². The van der Waals surface area contributed by atoms with E-state index in [1.54, 1.807) is 0 Å². The van der Waals surface area contributed by atoms with Gasteiger partial charge in [0.05, 0.1) is 7.11 Å². The molecule has 0 unspecified atom stereocenters. The van der Waals surface area contributed by atoms with Crippen LogP contribution in [0.15, 0.2) is 11.6 Å². The Hall–Kier alpha value is -0.830. The second kappa shape index (κ2) is 6.80. The first kappa shape index (κ1) is 14.2. The fraction of sp³-hybridized carbons (Fsp3) is 0.786. The van der Waals surface area contributed by atoms with Gasteiger partial charge in [-0.25, -0.2) is 4.79 Å². The number of nitrogens with one attached hydrogen (secondary N) is 1. The minimum atomic E-state index is -0.205. The molecular weight excluding hydrogens is 214 g/mol. The number of carbonyl (C=O) groups is 1. The zero-order valence-corrected chi connectivity index (χ0v) is 11.3. The minimum Gasteiger partial charge on any atom is -0.466 e. The number of ether oxygens (including phenoxy) is 1. The fourth-order valence-corrected chi connectivity index (χ4v) is 2.37. The second-order valence-corrected chi connectivity index (χ2v) is 4.91. The molecule has 0 aromatic rings. The Morgan fingerprint density at radius 2 is 2.12 bits per heavy atom.